The number of carbonyl (C=O) groups excluding carboxylic acids is 1. The first-order chi connectivity index (χ1) is 13.1. The van der Waals surface area contributed by atoms with E-state index in [4.69, 9.17) is 0 Å². The first-order valence-electron chi connectivity index (χ1n) is 8.40. The van der Waals surface area contributed by atoms with E-state index < -0.39 is 0 Å². The number of benzene rings is 2. The van der Waals surface area contributed by atoms with Crippen LogP contribution in [-0.4, -0.2) is 21.9 Å². The third kappa shape index (κ3) is 6.07. The Morgan fingerprint density at radius 2 is 1.74 bits per heavy atom. The predicted octanol–water partition coefficient (Wildman–Crippen LogP) is 4.27. The zero-order valence-corrected chi connectivity index (χ0v) is 15.6. The molecule has 1 heterocycles. The summed E-state index contributed by atoms with van der Waals surface area (Å²) in [6, 6.07) is 17.5. The highest BCUT2D eigenvalue weighted by molar-refractivity contribution is 7.99. The Labute approximate surface area is 161 Å². The molecule has 0 saturated heterocycles. The largest absolute Gasteiger partial charge is 0.365 e. The van der Waals surface area contributed by atoms with Crippen molar-refractivity contribution in [3.05, 3.63) is 77.6 Å². The molecule has 0 aliphatic rings. The molecule has 2 aromatic carbocycles. The molecule has 0 fully saturated rings. The van der Waals surface area contributed by atoms with Crippen molar-refractivity contribution in [3.63, 3.8) is 0 Å². The summed E-state index contributed by atoms with van der Waals surface area (Å²) in [4.78, 5) is 12.0. The number of aromatic nitrogens is 2. The lowest BCUT2D eigenvalue weighted by Gasteiger charge is -2.07. The molecule has 0 saturated carbocycles. The van der Waals surface area contributed by atoms with Gasteiger partial charge in [-0.1, -0.05) is 41.6 Å². The number of anilines is 2. The van der Waals surface area contributed by atoms with Crippen LogP contribution in [0, 0.1) is 12.7 Å². The highest BCUT2D eigenvalue weighted by Gasteiger charge is 2.05. The summed E-state index contributed by atoms with van der Waals surface area (Å²) in [6.45, 7) is 2.53. The van der Waals surface area contributed by atoms with Crippen molar-refractivity contribution < 1.29 is 9.18 Å². The lowest BCUT2D eigenvalue weighted by atomic mass is 10.2. The summed E-state index contributed by atoms with van der Waals surface area (Å²) in [5.74, 6) is 0.522. The maximum absolute atomic E-state index is 12.9. The normalized spacial score (nSPS) is 10.4. The van der Waals surface area contributed by atoms with Crippen LogP contribution in [0.3, 0.4) is 0 Å². The van der Waals surface area contributed by atoms with E-state index in [0.29, 0.717) is 17.4 Å². The van der Waals surface area contributed by atoms with Crippen LogP contribution >= 0.6 is 11.8 Å². The molecule has 1 amide bonds. The number of nitrogens with zero attached hydrogens (tertiary/aromatic N) is 2. The van der Waals surface area contributed by atoms with Gasteiger partial charge in [-0.2, -0.15) is 0 Å². The van der Waals surface area contributed by atoms with E-state index in [-0.39, 0.29) is 17.5 Å². The summed E-state index contributed by atoms with van der Waals surface area (Å²) in [5.41, 5.74) is 2.87. The molecule has 1 aromatic heterocycles. The van der Waals surface area contributed by atoms with Gasteiger partial charge in [0.25, 0.3) is 0 Å². The van der Waals surface area contributed by atoms with Gasteiger partial charge in [0.2, 0.25) is 5.91 Å². The standard InChI is InChI=1S/C20H19FN4OS/c1-14-2-8-17(9-3-14)23-19(26)13-27-20-11-10-18(24-25-20)22-12-15-4-6-16(21)7-5-15/h2-11H,12-13H2,1H3,(H,22,24)(H,23,26). The Morgan fingerprint density at radius 3 is 2.41 bits per heavy atom. The van der Waals surface area contributed by atoms with Crippen LogP contribution in [0.2, 0.25) is 0 Å². The van der Waals surface area contributed by atoms with Gasteiger partial charge < -0.3 is 10.6 Å². The van der Waals surface area contributed by atoms with Crippen molar-refractivity contribution in [2.24, 2.45) is 0 Å². The van der Waals surface area contributed by atoms with Gasteiger partial charge in [0.15, 0.2) is 0 Å². The van der Waals surface area contributed by atoms with Gasteiger partial charge in [0, 0.05) is 12.2 Å². The molecular formula is C20H19FN4OS. The van der Waals surface area contributed by atoms with Crippen LogP contribution in [0.5, 0.6) is 0 Å². The van der Waals surface area contributed by atoms with E-state index >= 15 is 0 Å². The number of halogens is 1. The molecule has 0 radical (unpaired) electrons. The van der Waals surface area contributed by atoms with Gasteiger partial charge in [-0.25, -0.2) is 4.39 Å². The van der Waals surface area contributed by atoms with Crippen molar-refractivity contribution in [2.45, 2.75) is 18.5 Å². The second-order valence-corrected chi connectivity index (χ2v) is 6.94. The Balaban J connectivity index is 1.45. The summed E-state index contributed by atoms with van der Waals surface area (Å²) in [5, 5.41) is 14.8. The van der Waals surface area contributed by atoms with E-state index in [1.165, 1.54) is 23.9 Å². The summed E-state index contributed by atoms with van der Waals surface area (Å²) < 4.78 is 12.9. The zero-order chi connectivity index (χ0) is 19.1. The number of hydrogen-bond acceptors (Lipinski definition) is 5. The van der Waals surface area contributed by atoms with E-state index in [1.807, 2.05) is 37.3 Å². The highest BCUT2D eigenvalue weighted by atomic mass is 32.2. The first kappa shape index (κ1) is 18.8. The van der Waals surface area contributed by atoms with E-state index in [9.17, 15) is 9.18 Å². The van der Waals surface area contributed by atoms with Crippen LogP contribution in [-0.2, 0) is 11.3 Å². The summed E-state index contributed by atoms with van der Waals surface area (Å²) >= 11 is 1.32. The fraction of sp³-hybridized carbons (Fsp3) is 0.150. The van der Waals surface area contributed by atoms with Crippen LogP contribution in [0.25, 0.3) is 0 Å². The smallest absolute Gasteiger partial charge is 0.234 e. The lowest BCUT2D eigenvalue weighted by Crippen LogP contribution is -2.14. The molecule has 0 bridgehead atoms. The average molecular weight is 382 g/mol. The van der Waals surface area contributed by atoms with Gasteiger partial charge in [-0.15, -0.1) is 10.2 Å². The monoisotopic (exact) mass is 382 g/mol. The Hall–Kier alpha value is -2.93. The second-order valence-electron chi connectivity index (χ2n) is 5.94. The fourth-order valence-corrected chi connectivity index (χ4v) is 2.87. The molecule has 138 valence electrons. The third-order valence-corrected chi connectivity index (χ3v) is 4.63. The number of rotatable bonds is 7. The molecule has 3 rings (SSSR count). The zero-order valence-electron chi connectivity index (χ0n) is 14.8. The molecule has 27 heavy (non-hydrogen) atoms. The van der Waals surface area contributed by atoms with Crippen LogP contribution in [0.1, 0.15) is 11.1 Å². The van der Waals surface area contributed by atoms with Gasteiger partial charge in [0.1, 0.15) is 16.7 Å². The van der Waals surface area contributed by atoms with Crippen LogP contribution in [0.4, 0.5) is 15.9 Å². The average Bonchev–Trinajstić information content (AvgIpc) is 2.68. The predicted molar refractivity (Wildman–Crippen MR) is 106 cm³/mol. The number of aryl methyl sites for hydroxylation is 1. The maximum Gasteiger partial charge on any atom is 0.234 e. The number of carbonyl (C=O) groups is 1. The Bertz CT molecular complexity index is 883. The summed E-state index contributed by atoms with van der Waals surface area (Å²) in [6.07, 6.45) is 0. The number of nitrogens with one attached hydrogen (secondary N) is 2. The van der Waals surface area contributed by atoms with Crippen LogP contribution in [0.15, 0.2) is 65.7 Å². The van der Waals surface area contributed by atoms with E-state index in [2.05, 4.69) is 20.8 Å². The molecule has 0 spiro atoms. The van der Waals surface area contributed by atoms with E-state index in [0.717, 1.165) is 16.8 Å². The number of hydrogen-bond donors (Lipinski definition) is 2. The first-order valence-corrected chi connectivity index (χ1v) is 9.38. The van der Waals surface area contributed by atoms with E-state index in [1.54, 1.807) is 18.2 Å². The van der Waals surface area contributed by atoms with Crippen molar-refractivity contribution in [1.29, 1.82) is 0 Å². The molecule has 5 nitrogen and oxygen atoms in total. The lowest BCUT2D eigenvalue weighted by molar-refractivity contribution is -0.113. The van der Waals surface area contributed by atoms with Crippen molar-refractivity contribution in [1.82, 2.24) is 10.2 Å². The van der Waals surface area contributed by atoms with Crippen molar-refractivity contribution >= 4 is 29.2 Å². The molecular weight excluding hydrogens is 363 g/mol. The van der Waals surface area contributed by atoms with Crippen LogP contribution < -0.4 is 10.6 Å². The SMILES string of the molecule is Cc1ccc(NC(=O)CSc2ccc(NCc3ccc(F)cc3)nn2)cc1. The van der Waals surface area contributed by atoms with Crippen molar-refractivity contribution in [2.75, 3.05) is 16.4 Å². The van der Waals surface area contributed by atoms with Crippen molar-refractivity contribution in [3.8, 4) is 0 Å². The molecule has 3 aromatic rings. The minimum absolute atomic E-state index is 0.0934. The quantitative estimate of drug-likeness (QED) is 0.598. The Morgan fingerprint density at radius 1 is 1.00 bits per heavy atom. The van der Waals surface area contributed by atoms with Gasteiger partial charge >= 0.3 is 0 Å². The van der Waals surface area contributed by atoms with Gasteiger partial charge in [0.05, 0.1) is 5.75 Å². The maximum atomic E-state index is 12.9. The molecule has 0 atom stereocenters. The third-order valence-electron chi connectivity index (χ3n) is 3.71. The minimum Gasteiger partial charge on any atom is -0.365 e. The van der Waals surface area contributed by atoms with Gasteiger partial charge in [-0.05, 0) is 48.9 Å². The molecule has 7 heteroatoms. The molecule has 2 N–H and O–H groups in total. The molecule has 0 aliphatic heterocycles. The number of thioether (sulfide) groups is 1. The highest BCUT2D eigenvalue weighted by Crippen LogP contribution is 2.17. The second kappa shape index (κ2) is 9.14. The summed E-state index contributed by atoms with van der Waals surface area (Å²) in [7, 11) is 0. The van der Waals surface area contributed by atoms with Gasteiger partial charge in [-0.3, -0.25) is 4.79 Å². The Kier molecular flexibility index (Phi) is 6.38. The minimum atomic E-state index is -0.258. The fourth-order valence-electron chi connectivity index (χ4n) is 2.26. The number of amides is 1. The topological polar surface area (TPSA) is 66.9 Å². The molecule has 0 unspecified atom stereocenters. The molecule has 0 aliphatic carbocycles.